The normalized spacial score (nSPS) is 11.2. The van der Waals surface area contributed by atoms with E-state index in [2.05, 4.69) is 15.4 Å². The smallest absolute Gasteiger partial charge is 0.268 e. The number of aryl methyl sites for hydroxylation is 2. The fraction of sp³-hybridized carbons (Fsp3) is 0.120. The van der Waals surface area contributed by atoms with Gasteiger partial charge in [-0.2, -0.15) is 5.10 Å². The van der Waals surface area contributed by atoms with Crippen LogP contribution in [0, 0.1) is 19.7 Å². The minimum Gasteiger partial charge on any atom is -0.326 e. The number of aromatic nitrogens is 4. The molecule has 0 saturated heterocycles. The Labute approximate surface area is 218 Å². The summed E-state index contributed by atoms with van der Waals surface area (Å²) in [4.78, 5) is 31.3. The molecule has 5 aromatic rings. The molecule has 0 aliphatic heterocycles. The molecular formula is C25H18Cl2FN5O2S. The molecule has 0 aliphatic carbocycles. The fourth-order valence-electron chi connectivity index (χ4n) is 3.90. The number of thiazole rings is 1. The number of carbonyl (C=O) groups excluding carboxylic acids is 1. The summed E-state index contributed by atoms with van der Waals surface area (Å²) in [5.41, 5.74) is 3.46. The summed E-state index contributed by atoms with van der Waals surface area (Å²) in [6.07, 6.45) is -0.0573. The second-order valence-corrected chi connectivity index (χ2v) is 9.79. The van der Waals surface area contributed by atoms with E-state index in [0.29, 0.717) is 49.0 Å². The highest BCUT2D eigenvalue weighted by Crippen LogP contribution is 2.27. The van der Waals surface area contributed by atoms with Crippen molar-refractivity contribution < 1.29 is 9.18 Å². The first kappa shape index (κ1) is 24.2. The zero-order valence-corrected chi connectivity index (χ0v) is 21.4. The lowest BCUT2D eigenvalue weighted by Crippen LogP contribution is -2.22. The highest BCUT2D eigenvalue weighted by Gasteiger charge is 2.20. The summed E-state index contributed by atoms with van der Waals surface area (Å²) >= 11 is 13.5. The summed E-state index contributed by atoms with van der Waals surface area (Å²) in [6, 6.07) is 12.4. The van der Waals surface area contributed by atoms with Gasteiger partial charge in [0.1, 0.15) is 11.5 Å². The van der Waals surface area contributed by atoms with E-state index in [1.807, 2.05) is 6.92 Å². The predicted octanol–water partition coefficient (Wildman–Crippen LogP) is 5.85. The minimum absolute atomic E-state index is 0.0573. The van der Waals surface area contributed by atoms with Crippen molar-refractivity contribution in [1.29, 1.82) is 0 Å². The molecule has 0 aliphatic rings. The summed E-state index contributed by atoms with van der Waals surface area (Å²) in [5.74, 6) is -0.732. The van der Waals surface area contributed by atoms with Gasteiger partial charge >= 0.3 is 0 Å². The Morgan fingerprint density at radius 3 is 2.56 bits per heavy atom. The average Bonchev–Trinajstić information content (AvgIpc) is 3.40. The van der Waals surface area contributed by atoms with Crippen LogP contribution in [0.3, 0.4) is 0 Å². The van der Waals surface area contributed by atoms with Crippen LogP contribution in [0.4, 0.5) is 10.1 Å². The second-order valence-electron chi connectivity index (χ2n) is 8.14. The van der Waals surface area contributed by atoms with E-state index in [1.54, 1.807) is 41.3 Å². The Morgan fingerprint density at radius 2 is 1.83 bits per heavy atom. The number of amides is 1. The number of nitrogens with one attached hydrogen (secondary N) is 1. The van der Waals surface area contributed by atoms with Gasteiger partial charge < -0.3 is 5.32 Å². The topological polar surface area (TPSA) is 81.3 Å². The number of hydrogen-bond donors (Lipinski definition) is 1. The van der Waals surface area contributed by atoms with E-state index in [9.17, 15) is 14.0 Å². The van der Waals surface area contributed by atoms with E-state index in [0.717, 1.165) is 5.69 Å². The molecule has 36 heavy (non-hydrogen) atoms. The number of nitrogens with zero attached hydrogens (tertiary/aromatic N) is 4. The third-order valence-corrected chi connectivity index (χ3v) is 7.20. The van der Waals surface area contributed by atoms with Crippen LogP contribution < -0.4 is 10.9 Å². The third kappa shape index (κ3) is 4.53. The van der Waals surface area contributed by atoms with Crippen molar-refractivity contribution in [2.45, 2.75) is 20.3 Å². The number of halogens is 3. The molecule has 7 nitrogen and oxygen atoms in total. The Morgan fingerprint density at radius 1 is 1.08 bits per heavy atom. The van der Waals surface area contributed by atoms with Gasteiger partial charge in [-0.1, -0.05) is 23.2 Å². The van der Waals surface area contributed by atoms with E-state index >= 15 is 0 Å². The molecule has 0 spiro atoms. The largest absolute Gasteiger partial charge is 0.326 e. The predicted molar refractivity (Wildman–Crippen MR) is 140 cm³/mol. The Bertz CT molecular complexity index is 1690. The summed E-state index contributed by atoms with van der Waals surface area (Å²) in [5, 5.41) is 9.92. The maximum atomic E-state index is 13.6. The van der Waals surface area contributed by atoms with Crippen molar-refractivity contribution in [3.63, 3.8) is 0 Å². The van der Waals surface area contributed by atoms with Crippen LogP contribution in [0.15, 0.2) is 58.7 Å². The van der Waals surface area contributed by atoms with Crippen LogP contribution in [-0.2, 0) is 11.2 Å². The SMILES string of the molecule is Cc1nc2scc(CC(=O)Nc3ccc(F)cc3)n2c(=O)c1-c1cc(C)n(-c2ccc(Cl)c(Cl)c2)n1. The first-order valence-corrected chi connectivity index (χ1v) is 12.4. The number of carbonyl (C=O) groups is 1. The molecule has 0 atom stereocenters. The van der Waals surface area contributed by atoms with Crippen LogP contribution in [-0.4, -0.2) is 25.1 Å². The second kappa shape index (κ2) is 9.50. The lowest BCUT2D eigenvalue weighted by Gasteiger charge is -2.07. The number of fused-ring (bicyclic) bond motifs is 1. The number of hydrogen-bond acceptors (Lipinski definition) is 5. The van der Waals surface area contributed by atoms with E-state index in [4.69, 9.17) is 23.2 Å². The first-order valence-electron chi connectivity index (χ1n) is 10.8. The summed E-state index contributed by atoms with van der Waals surface area (Å²) in [6.45, 7) is 3.62. The Hall–Kier alpha value is -3.53. The molecule has 3 heterocycles. The van der Waals surface area contributed by atoms with Crippen molar-refractivity contribution in [3.8, 4) is 16.9 Å². The van der Waals surface area contributed by atoms with Crippen molar-refractivity contribution in [1.82, 2.24) is 19.2 Å². The zero-order chi connectivity index (χ0) is 25.6. The van der Waals surface area contributed by atoms with E-state index < -0.39 is 5.82 Å². The summed E-state index contributed by atoms with van der Waals surface area (Å²) < 4.78 is 16.3. The minimum atomic E-state index is -0.394. The molecule has 11 heteroatoms. The zero-order valence-electron chi connectivity index (χ0n) is 19.1. The molecule has 5 rings (SSSR count). The van der Waals surface area contributed by atoms with Gasteiger partial charge in [0.2, 0.25) is 5.91 Å². The number of rotatable bonds is 5. The van der Waals surface area contributed by atoms with Gasteiger partial charge in [0.05, 0.1) is 33.4 Å². The van der Waals surface area contributed by atoms with Gasteiger partial charge in [-0.25, -0.2) is 14.1 Å². The van der Waals surface area contributed by atoms with Crippen molar-refractivity contribution in [2.75, 3.05) is 5.32 Å². The quantitative estimate of drug-likeness (QED) is 0.302. The first-order chi connectivity index (χ1) is 17.2. The molecule has 182 valence electrons. The molecule has 1 N–H and O–H groups in total. The Kier molecular flexibility index (Phi) is 6.38. The number of anilines is 1. The maximum Gasteiger partial charge on any atom is 0.268 e. The monoisotopic (exact) mass is 541 g/mol. The molecule has 0 saturated carbocycles. The molecule has 0 unspecified atom stereocenters. The average molecular weight is 542 g/mol. The molecule has 3 aromatic heterocycles. The molecule has 1 amide bonds. The van der Waals surface area contributed by atoms with Gasteiger partial charge in [0.15, 0.2) is 4.96 Å². The third-order valence-electron chi connectivity index (χ3n) is 5.58. The van der Waals surface area contributed by atoms with Crippen LogP contribution in [0.2, 0.25) is 10.0 Å². The van der Waals surface area contributed by atoms with Gasteiger partial charge in [0, 0.05) is 22.5 Å². The van der Waals surface area contributed by atoms with Gasteiger partial charge in [-0.05, 0) is 62.4 Å². The van der Waals surface area contributed by atoms with Gasteiger partial charge in [-0.3, -0.25) is 14.0 Å². The fourth-order valence-corrected chi connectivity index (χ4v) is 5.12. The Balaban J connectivity index is 1.52. The van der Waals surface area contributed by atoms with Crippen molar-refractivity contribution in [2.24, 2.45) is 0 Å². The van der Waals surface area contributed by atoms with E-state index in [-0.39, 0.29) is 17.9 Å². The van der Waals surface area contributed by atoms with Crippen molar-refractivity contribution in [3.05, 3.63) is 97.2 Å². The van der Waals surface area contributed by atoms with Crippen LogP contribution >= 0.6 is 34.5 Å². The van der Waals surface area contributed by atoms with E-state index in [1.165, 1.54) is 40.0 Å². The van der Waals surface area contributed by atoms with Gasteiger partial charge in [-0.15, -0.1) is 11.3 Å². The van der Waals surface area contributed by atoms with Gasteiger partial charge in [0.25, 0.3) is 5.56 Å². The van der Waals surface area contributed by atoms with Crippen LogP contribution in [0.25, 0.3) is 21.9 Å². The molecule has 2 aromatic carbocycles. The summed E-state index contributed by atoms with van der Waals surface area (Å²) in [7, 11) is 0. The molecular weight excluding hydrogens is 524 g/mol. The molecule has 0 radical (unpaired) electrons. The molecule has 0 fully saturated rings. The van der Waals surface area contributed by atoms with Crippen molar-refractivity contribution >= 4 is 51.1 Å². The van der Waals surface area contributed by atoms with Crippen LogP contribution in [0.5, 0.6) is 0 Å². The highest BCUT2D eigenvalue weighted by atomic mass is 35.5. The lowest BCUT2D eigenvalue weighted by molar-refractivity contribution is -0.115. The maximum absolute atomic E-state index is 13.6. The van der Waals surface area contributed by atoms with Crippen LogP contribution in [0.1, 0.15) is 17.1 Å². The number of benzene rings is 2. The highest BCUT2D eigenvalue weighted by molar-refractivity contribution is 7.15. The lowest BCUT2D eigenvalue weighted by atomic mass is 10.1. The molecule has 0 bridgehead atoms. The standard InChI is InChI=1S/C25H18Cl2FN5O2S/c1-13-9-21(31-33(13)17-7-8-19(26)20(27)10-17)23-14(2)29-25-32(24(23)35)18(12-36-25)11-22(34)30-16-5-3-15(28)4-6-16/h3-10,12H,11H2,1-2H3,(H,30,34).